The molecule has 2 saturated carbocycles. The molecule has 1 spiro atoms. The van der Waals surface area contributed by atoms with E-state index in [1.807, 2.05) is 19.1 Å². The molecule has 12 rings (SSSR count). The number of hydrogen-bond acceptors (Lipinski definition) is 11. The van der Waals surface area contributed by atoms with E-state index in [-0.39, 0.29) is 52.2 Å². The molecule has 7 heterocycles. The van der Waals surface area contributed by atoms with Gasteiger partial charge >= 0.3 is 11.7 Å². The summed E-state index contributed by atoms with van der Waals surface area (Å²) in [7, 11) is 1.77. The van der Waals surface area contributed by atoms with E-state index >= 15 is 8.78 Å². The molecule has 72 heavy (non-hydrogen) atoms. The Morgan fingerprint density at radius 3 is 2.50 bits per heavy atom. The summed E-state index contributed by atoms with van der Waals surface area (Å²) in [4.78, 5) is 60.0. The zero-order chi connectivity index (χ0) is 49.6. The van der Waals surface area contributed by atoms with Gasteiger partial charge in [-0.25, -0.2) is 13.6 Å². The van der Waals surface area contributed by atoms with Crippen LogP contribution in [0.4, 0.5) is 14.6 Å². The number of rotatable bonds is 11. The molecule has 2 aliphatic carbocycles. The molecule has 2 N–H and O–H groups in total. The van der Waals surface area contributed by atoms with Gasteiger partial charge in [0.05, 0.1) is 23.0 Å². The monoisotopic (exact) mass is 979 g/mol. The number of carbonyl (C=O) groups is 2. The van der Waals surface area contributed by atoms with Crippen molar-refractivity contribution in [1.29, 1.82) is 0 Å². The van der Waals surface area contributed by atoms with Crippen molar-refractivity contribution in [3.05, 3.63) is 88.0 Å². The molecular weight excluding hydrogens is 917 g/mol. The third-order valence-corrected chi connectivity index (χ3v) is 17.4. The summed E-state index contributed by atoms with van der Waals surface area (Å²) in [5.74, 6) is -0.783. The van der Waals surface area contributed by atoms with E-state index in [9.17, 15) is 19.5 Å². The zero-order valence-corrected chi connectivity index (χ0v) is 41.5. The molecule has 3 saturated heterocycles. The van der Waals surface area contributed by atoms with Crippen LogP contribution >= 0.6 is 0 Å². The number of amides is 2. The van der Waals surface area contributed by atoms with Crippen LogP contribution in [-0.4, -0.2) is 109 Å². The predicted octanol–water partition coefficient (Wildman–Crippen LogP) is 8.45. The average molecular weight is 980 g/mol. The third kappa shape index (κ3) is 8.22. The maximum absolute atomic E-state index is 17.2. The molecule has 3 aromatic carbocycles. The summed E-state index contributed by atoms with van der Waals surface area (Å²) in [5.41, 5.74) is 4.75. The van der Waals surface area contributed by atoms with Gasteiger partial charge in [0.2, 0.25) is 11.8 Å². The summed E-state index contributed by atoms with van der Waals surface area (Å²) in [6.45, 7) is 10.9. The predicted molar refractivity (Wildman–Crippen MR) is 273 cm³/mol. The van der Waals surface area contributed by atoms with Gasteiger partial charge in [-0.3, -0.25) is 33.9 Å². The summed E-state index contributed by atoms with van der Waals surface area (Å²) in [6, 6.07) is 11.9. The molecule has 5 fully saturated rings. The number of imide groups is 1. The van der Waals surface area contributed by atoms with Gasteiger partial charge in [-0.15, -0.1) is 0 Å². The SMILES string of the molecule is CCc1c(F)ccc2cc(O)cc(-c3ncc4c(N5CCC[C@H](C)C5)nc(OCC5(CN6CCC7(CC6)CC(N6CC=C(c8cccc9c8n(C)c(=O)n9C8CCC(=O)NC8=O)CC6)C7)CC5)nc4c3F)c12. The topological polar surface area (TPSA) is 151 Å². The number of hydrogen-bond donors (Lipinski definition) is 2. The van der Waals surface area contributed by atoms with E-state index in [1.165, 1.54) is 43.4 Å². The van der Waals surface area contributed by atoms with Crippen molar-refractivity contribution >= 4 is 55.9 Å². The minimum atomic E-state index is -0.709. The summed E-state index contributed by atoms with van der Waals surface area (Å²) in [5, 5.41) is 14.8. The molecule has 16 heteroatoms. The van der Waals surface area contributed by atoms with Gasteiger partial charge < -0.3 is 19.6 Å². The lowest BCUT2D eigenvalue weighted by molar-refractivity contribution is -0.135. The Morgan fingerprint density at radius 1 is 0.944 bits per heavy atom. The van der Waals surface area contributed by atoms with Gasteiger partial charge in [-0.2, -0.15) is 9.97 Å². The molecule has 2 atom stereocenters. The highest BCUT2D eigenvalue weighted by Crippen LogP contribution is 2.53. The maximum atomic E-state index is 17.2. The largest absolute Gasteiger partial charge is 0.508 e. The summed E-state index contributed by atoms with van der Waals surface area (Å²) >= 11 is 0. The van der Waals surface area contributed by atoms with Crippen LogP contribution in [0.3, 0.4) is 0 Å². The van der Waals surface area contributed by atoms with Crippen LogP contribution < -0.4 is 20.6 Å². The fourth-order valence-electron chi connectivity index (χ4n) is 13.1. The van der Waals surface area contributed by atoms with Crippen molar-refractivity contribution in [3.63, 3.8) is 0 Å². The molecule has 3 aromatic heterocycles. The molecule has 0 radical (unpaired) electrons. The van der Waals surface area contributed by atoms with Gasteiger partial charge in [0.1, 0.15) is 34.6 Å². The molecular formula is C56H63F2N9O5. The van der Waals surface area contributed by atoms with Gasteiger partial charge in [-0.1, -0.05) is 38.1 Å². The van der Waals surface area contributed by atoms with Gasteiger partial charge in [0.15, 0.2) is 5.82 Å². The van der Waals surface area contributed by atoms with Crippen LogP contribution in [0.15, 0.2) is 59.5 Å². The van der Waals surface area contributed by atoms with Gasteiger partial charge in [-0.05, 0) is 141 Å². The number of pyridine rings is 1. The normalized spacial score (nSPS) is 22.7. The number of aryl methyl sites for hydroxylation is 2. The number of nitrogens with one attached hydrogen (secondary N) is 1. The molecule has 14 nitrogen and oxygen atoms in total. The Balaban J connectivity index is 0.704. The van der Waals surface area contributed by atoms with Gasteiger partial charge in [0, 0.05) is 75.0 Å². The van der Waals surface area contributed by atoms with Crippen LogP contribution in [0.2, 0.25) is 0 Å². The Morgan fingerprint density at radius 2 is 1.76 bits per heavy atom. The zero-order valence-electron chi connectivity index (χ0n) is 41.5. The fourth-order valence-corrected chi connectivity index (χ4v) is 13.1. The van der Waals surface area contributed by atoms with Crippen LogP contribution in [0.25, 0.3) is 49.5 Å². The van der Waals surface area contributed by atoms with Crippen molar-refractivity contribution in [2.75, 3.05) is 57.3 Å². The van der Waals surface area contributed by atoms with Crippen molar-refractivity contribution in [2.45, 2.75) is 103 Å². The van der Waals surface area contributed by atoms with Crippen LogP contribution in [0.1, 0.15) is 102 Å². The highest BCUT2D eigenvalue weighted by molar-refractivity contribution is 6.02. The molecule has 376 valence electrons. The quantitative estimate of drug-likeness (QED) is 0.120. The number of phenolic OH excluding ortho intramolecular Hbond substituents is 1. The van der Waals surface area contributed by atoms with E-state index in [1.54, 1.807) is 34.5 Å². The Bertz CT molecular complexity index is 3270. The number of imidazole rings is 1. The third-order valence-electron chi connectivity index (χ3n) is 17.4. The van der Waals surface area contributed by atoms with Crippen molar-refractivity contribution in [2.24, 2.45) is 23.8 Å². The van der Waals surface area contributed by atoms with Gasteiger partial charge in [0.25, 0.3) is 0 Å². The smallest absolute Gasteiger partial charge is 0.329 e. The van der Waals surface area contributed by atoms with Crippen LogP contribution in [-0.2, 0) is 23.1 Å². The number of aromatic hydroxyl groups is 1. The highest BCUT2D eigenvalue weighted by Gasteiger charge is 2.50. The first kappa shape index (κ1) is 46.8. The lowest BCUT2D eigenvalue weighted by Gasteiger charge is -2.56. The Kier molecular flexibility index (Phi) is 11.7. The lowest BCUT2D eigenvalue weighted by Crippen LogP contribution is -2.56. The second-order valence-corrected chi connectivity index (χ2v) is 22.1. The second-order valence-electron chi connectivity index (χ2n) is 22.1. The Hall–Kier alpha value is -6.26. The number of phenols is 1. The lowest BCUT2D eigenvalue weighted by atomic mass is 9.60. The summed E-state index contributed by atoms with van der Waals surface area (Å²) < 4.78 is 42.1. The molecule has 6 aliphatic rings. The minimum absolute atomic E-state index is 0.00553. The molecule has 6 aromatic rings. The van der Waals surface area contributed by atoms with Crippen LogP contribution in [0, 0.1) is 28.4 Å². The van der Waals surface area contributed by atoms with E-state index < -0.39 is 17.8 Å². The number of likely N-dealkylation sites (tertiary alicyclic amines) is 1. The van der Waals surface area contributed by atoms with Crippen molar-refractivity contribution < 1.29 is 28.2 Å². The number of para-hydroxylation sites is 1. The fraction of sp³-hybridized carbons (Fsp3) is 0.500. The molecule has 2 amide bonds. The van der Waals surface area contributed by atoms with E-state index in [2.05, 4.69) is 44.1 Å². The number of benzene rings is 3. The number of anilines is 1. The molecule has 1 unspecified atom stereocenters. The average Bonchev–Trinajstić information content (AvgIpc) is 4.09. The van der Waals surface area contributed by atoms with Crippen LogP contribution in [0.5, 0.6) is 11.8 Å². The van der Waals surface area contributed by atoms with Crippen molar-refractivity contribution in [3.8, 4) is 23.0 Å². The highest BCUT2D eigenvalue weighted by atomic mass is 19.1. The number of carbonyl (C=O) groups excluding carboxylic acids is 2. The number of ether oxygens (including phenoxy) is 1. The molecule has 0 bridgehead atoms. The minimum Gasteiger partial charge on any atom is -0.508 e. The number of nitrogens with zero attached hydrogens (tertiary/aromatic N) is 8. The van der Waals surface area contributed by atoms with E-state index in [0.29, 0.717) is 69.9 Å². The molecule has 4 aliphatic heterocycles. The Labute approximate surface area is 417 Å². The number of halogens is 2. The second kappa shape index (κ2) is 18.0. The number of piperidine rings is 3. The van der Waals surface area contributed by atoms with E-state index in [4.69, 9.17) is 14.7 Å². The van der Waals surface area contributed by atoms with Crippen molar-refractivity contribution in [1.82, 2.24) is 39.2 Å². The summed E-state index contributed by atoms with van der Waals surface area (Å²) in [6.07, 6.45) is 14.7. The first-order valence-corrected chi connectivity index (χ1v) is 26.2. The number of aromatic nitrogens is 5. The number of fused-ring (bicyclic) bond motifs is 3. The maximum Gasteiger partial charge on any atom is 0.329 e. The standard InChI is InChI=1S/C56H63F2N9O5/c1-4-38-42(57)11-10-35-25-37(68)26-40(46(35)38)48-47(58)49-41(29-59-48)51(66-20-6-7-33(2)30-66)62-53(61-49)72-32-56(16-17-56)31-64-23-18-55(19-24-64)27-36(28-55)65-21-14-34(15-22-65)39-8-5-9-43-50(39)63(3)54(71)67(43)44-12-13-45(69)60-52(44)70/h5,8-11,14,25-26,29,33,36,44,68H,4,6-7,12-13,15-24,27-28,30-32H2,1-3H3,(H,60,69,70)/t33-,44?/m0/s1. The first-order chi connectivity index (χ1) is 34.8. The van der Waals surface area contributed by atoms with E-state index in [0.717, 1.165) is 94.5 Å². The first-order valence-electron chi connectivity index (χ1n) is 26.2.